The van der Waals surface area contributed by atoms with E-state index in [-0.39, 0.29) is 6.09 Å². The van der Waals surface area contributed by atoms with Crippen LogP contribution in [0.2, 0.25) is 0 Å². The van der Waals surface area contributed by atoms with Crippen molar-refractivity contribution in [2.45, 2.75) is 51.4 Å². The first-order valence-electron chi connectivity index (χ1n) is 6.56. The highest BCUT2D eigenvalue weighted by Gasteiger charge is 2.62. The third-order valence-corrected chi connectivity index (χ3v) is 4.14. The molecule has 5 unspecified atom stereocenters. The van der Waals surface area contributed by atoms with Crippen molar-refractivity contribution in [3.05, 3.63) is 0 Å². The average Bonchev–Trinajstić information content (AvgIpc) is 2.80. The summed E-state index contributed by atoms with van der Waals surface area (Å²) in [6.07, 6.45) is 3.29. The predicted octanol–water partition coefficient (Wildman–Crippen LogP) is 1.93. The zero-order chi connectivity index (χ0) is 12.2. The second-order valence-electron chi connectivity index (χ2n) is 6.60. The van der Waals surface area contributed by atoms with Crippen LogP contribution in [0.15, 0.2) is 0 Å². The Bertz CT molecular complexity index is 336. The van der Waals surface area contributed by atoms with E-state index in [2.05, 4.69) is 5.32 Å². The number of ether oxygens (including phenoxy) is 2. The van der Waals surface area contributed by atoms with Crippen LogP contribution in [0.25, 0.3) is 0 Å². The van der Waals surface area contributed by atoms with Gasteiger partial charge in [-0.25, -0.2) is 4.79 Å². The molecular weight excluding hydrogens is 218 g/mol. The topological polar surface area (TPSA) is 50.9 Å². The molecule has 1 aliphatic heterocycles. The summed E-state index contributed by atoms with van der Waals surface area (Å²) in [4.78, 5) is 11.5. The van der Waals surface area contributed by atoms with Crippen molar-refractivity contribution in [2.24, 2.45) is 17.8 Å². The number of hydrogen-bond donors (Lipinski definition) is 1. The summed E-state index contributed by atoms with van der Waals surface area (Å²) in [6, 6.07) is 0. The molecule has 4 heteroatoms. The van der Waals surface area contributed by atoms with Crippen molar-refractivity contribution in [3.63, 3.8) is 0 Å². The maximum Gasteiger partial charge on any atom is 0.407 e. The number of fused-ring (bicyclic) bond motifs is 5. The highest BCUT2D eigenvalue weighted by atomic mass is 16.6. The van der Waals surface area contributed by atoms with Gasteiger partial charge in [-0.2, -0.15) is 0 Å². The fourth-order valence-electron chi connectivity index (χ4n) is 3.50. The number of carbonyl (C=O) groups excluding carboxylic acids is 1. The fraction of sp³-hybridized carbons (Fsp3) is 0.923. The zero-order valence-corrected chi connectivity index (χ0v) is 10.7. The van der Waals surface area contributed by atoms with Gasteiger partial charge in [-0.05, 0) is 51.4 Å². The zero-order valence-electron chi connectivity index (χ0n) is 10.7. The lowest BCUT2D eigenvalue weighted by atomic mass is 9.89. The maximum absolute atomic E-state index is 11.5. The molecule has 1 N–H and O–H groups in total. The summed E-state index contributed by atoms with van der Waals surface area (Å²) in [6.45, 7) is 6.38. The first-order chi connectivity index (χ1) is 7.94. The van der Waals surface area contributed by atoms with Gasteiger partial charge in [-0.3, -0.25) is 0 Å². The molecular formula is C13H21NO3. The Morgan fingerprint density at radius 2 is 2.12 bits per heavy atom. The molecule has 4 nitrogen and oxygen atoms in total. The van der Waals surface area contributed by atoms with Crippen molar-refractivity contribution >= 4 is 6.09 Å². The van der Waals surface area contributed by atoms with Crippen LogP contribution in [0.1, 0.15) is 33.6 Å². The molecule has 3 aliphatic rings. The molecule has 0 aromatic rings. The standard InChI is InChI=1S/C13H21NO3/c1-13(2,3)17-12(15)14-6-8-4-7-5-9(8)11-10(7)16-11/h7-11H,4-6H2,1-3H3,(H,14,15). The van der Waals surface area contributed by atoms with Crippen LogP contribution in [-0.2, 0) is 9.47 Å². The molecule has 2 bridgehead atoms. The van der Waals surface area contributed by atoms with E-state index in [0.717, 1.165) is 12.5 Å². The van der Waals surface area contributed by atoms with Gasteiger partial charge in [0.25, 0.3) is 0 Å². The maximum atomic E-state index is 11.5. The largest absolute Gasteiger partial charge is 0.444 e. The summed E-state index contributed by atoms with van der Waals surface area (Å²) in [5.41, 5.74) is -0.413. The molecule has 17 heavy (non-hydrogen) atoms. The van der Waals surface area contributed by atoms with E-state index in [0.29, 0.717) is 24.0 Å². The van der Waals surface area contributed by atoms with Crippen LogP contribution in [0.5, 0.6) is 0 Å². The van der Waals surface area contributed by atoms with E-state index >= 15 is 0 Å². The van der Waals surface area contributed by atoms with Gasteiger partial charge in [0.1, 0.15) is 5.60 Å². The summed E-state index contributed by atoms with van der Waals surface area (Å²) in [5, 5.41) is 2.89. The van der Waals surface area contributed by atoms with Crippen molar-refractivity contribution in [1.29, 1.82) is 0 Å². The normalized spacial score (nSPS) is 42.2. The molecule has 1 saturated heterocycles. The van der Waals surface area contributed by atoms with Crippen LogP contribution < -0.4 is 5.32 Å². The van der Waals surface area contributed by atoms with Gasteiger partial charge in [-0.1, -0.05) is 0 Å². The molecule has 5 atom stereocenters. The molecule has 3 fully saturated rings. The van der Waals surface area contributed by atoms with E-state index in [1.165, 1.54) is 12.8 Å². The minimum Gasteiger partial charge on any atom is -0.444 e. The molecule has 0 aromatic heterocycles. The number of carbonyl (C=O) groups is 1. The highest BCUT2D eigenvalue weighted by Crippen LogP contribution is 2.58. The summed E-state index contributed by atoms with van der Waals surface area (Å²) in [5.74, 6) is 2.03. The van der Waals surface area contributed by atoms with Crippen molar-refractivity contribution in [2.75, 3.05) is 6.54 Å². The van der Waals surface area contributed by atoms with Gasteiger partial charge in [0.2, 0.25) is 0 Å². The van der Waals surface area contributed by atoms with Crippen molar-refractivity contribution in [3.8, 4) is 0 Å². The lowest BCUT2D eigenvalue weighted by Gasteiger charge is -2.23. The Morgan fingerprint density at radius 3 is 2.71 bits per heavy atom. The summed E-state index contributed by atoms with van der Waals surface area (Å²) in [7, 11) is 0. The van der Waals surface area contributed by atoms with Gasteiger partial charge >= 0.3 is 6.09 Å². The SMILES string of the molecule is CC(C)(C)OC(=O)NCC1CC2CC1C1OC21. The van der Waals surface area contributed by atoms with Crippen LogP contribution in [0.3, 0.4) is 0 Å². The Hall–Kier alpha value is -0.770. The van der Waals surface area contributed by atoms with Crippen LogP contribution in [0.4, 0.5) is 4.79 Å². The molecule has 2 aliphatic carbocycles. The number of rotatable bonds is 2. The van der Waals surface area contributed by atoms with E-state index < -0.39 is 5.60 Å². The first-order valence-corrected chi connectivity index (χ1v) is 6.56. The molecule has 1 heterocycles. The van der Waals surface area contributed by atoms with Gasteiger partial charge in [0, 0.05) is 6.54 Å². The monoisotopic (exact) mass is 239 g/mol. The van der Waals surface area contributed by atoms with E-state index in [1.54, 1.807) is 0 Å². The molecule has 96 valence electrons. The van der Waals surface area contributed by atoms with Gasteiger partial charge < -0.3 is 14.8 Å². The second-order valence-corrected chi connectivity index (χ2v) is 6.60. The van der Waals surface area contributed by atoms with Crippen LogP contribution >= 0.6 is 0 Å². The molecule has 0 radical (unpaired) electrons. The number of alkyl carbamates (subject to hydrolysis) is 1. The Labute approximate surface area is 102 Å². The van der Waals surface area contributed by atoms with Gasteiger partial charge in [0.15, 0.2) is 0 Å². The van der Waals surface area contributed by atoms with E-state index in [4.69, 9.17) is 9.47 Å². The highest BCUT2D eigenvalue weighted by molar-refractivity contribution is 5.67. The van der Waals surface area contributed by atoms with Crippen molar-refractivity contribution < 1.29 is 14.3 Å². The number of nitrogens with one attached hydrogen (secondary N) is 1. The third-order valence-electron chi connectivity index (χ3n) is 4.14. The minimum atomic E-state index is -0.413. The number of amides is 1. The predicted molar refractivity (Wildman–Crippen MR) is 62.6 cm³/mol. The molecule has 1 amide bonds. The molecule has 2 saturated carbocycles. The van der Waals surface area contributed by atoms with E-state index in [9.17, 15) is 4.79 Å². The minimum absolute atomic E-state index is 0.298. The Morgan fingerprint density at radius 1 is 1.35 bits per heavy atom. The van der Waals surface area contributed by atoms with Crippen LogP contribution in [0, 0.1) is 17.8 Å². The Kier molecular flexibility index (Phi) is 2.41. The van der Waals surface area contributed by atoms with Crippen LogP contribution in [-0.4, -0.2) is 30.4 Å². The van der Waals surface area contributed by atoms with Gasteiger partial charge in [-0.15, -0.1) is 0 Å². The molecule has 3 rings (SSSR count). The fourth-order valence-corrected chi connectivity index (χ4v) is 3.50. The summed E-state index contributed by atoms with van der Waals surface area (Å²) >= 11 is 0. The summed E-state index contributed by atoms with van der Waals surface area (Å²) < 4.78 is 10.8. The average molecular weight is 239 g/mol. The number of epoxide rings is 1. The van der Waals surface area contributed by atoms with Gasteiger partial charge in [0.05, 0.1) is 12.2 Å². The Balaban J connectivity index is 1.45. The number of hydrogen-bond acceptors (Lipinski definition) is 3. The smallest absolute Gasteiger partial charge is 0.407 e. The molecule has 0 aromatic carbocycles. The lowest BCUT2D eigenvalue weighted by molar-refractivity contribution is 0.0513. The van der Waals surface area contributed by atoms with Crippen molar-refractivity contribution in [1.82, 2.24) is 5.32 Å². The van der Waals surface area contributed by atoms with E-state index in [1.807, 2.05) is 20.8 Å². The quantitative estimate of drug-likeness (QED) is 0.749. The lowest BCUT2D eigenvalue weighted by Crippen LogP contribution is -2.37. The third kappa shape index (κ3) is 2.15. The first kappa shape index (κ1) is 11.3. The molecule has 0 spiro atoms. The second kappa shape index (κ2) is 3.61.